The molecule has 0 aromatic heterocycles. The number of ether oxygens (including phenoxy) is 1. The van der Waals surface area contributed by atoms with Crippen LogP contribution in [0.1, 0.15) is 6.42 Å². The van der Waals surface area contributed by atoms with E-state index in [1.165, 1.54) is 24.1 Å². The van der Waals surface area contributed by atoms with E-state index in [0.717, 1.165) is 0 Å². The van der Waals surface area contributed by atoms with Gasteiger partial charge in [-0.3, -0.25) is 9.59 Å². The average molecular weight is 405 g/mol. The molecule has 8 nitrogen and oxygen atoms in total. The van der Waals surface area contributed by atoms with Crippen molar-refractivity contribution in [3.8, 4) is 5.75 Å². The zero-order valence-corrected chi connectivity index (χ0v) is 16.5. The van der Waals surface area contributed by atoms with Crippen LogP contribution in [0.25, 0.3) is 0 Å². The highest BCUT2D eigenvalue weighted by molar-refractivity contribution is 7.89. The summed E-state index contributed by atoms with van der Waals surface area (Å²) >= 11 is 0. The van der Waals surface area contributed by atoms with E-state index in [0.29, 0.717) is 11.4 Å². The fraction of sp³-hybridized carbons (Fsp3) is 0.263. The summed E-state index contributed by atoms with van der Waals surface area (Å²) < 4.78 is 31.6. The third kappa shape index (κ3) is 6.36. The summed E-state index contributed by atoms with van der Waals surface area (Å²) in [6.07, 6.45) is -0.0572. The number of carbonyl (C=O) groups excluding carboxylic acids is 2. The van der Waals surface area contributed by atoms with Crippen molar-refractivity contribution in [3.05, 3.63) is 54.6 Å². The van der Waals surface area contributed by atoms with Crippen LogP contribution in [0.5, 0.6) is 5.75 Å². The molecular formula is C19H23N3O5S. The third-order valence-electron chi connectivity index (χ3n) is 3.86. The number of sulfonamides is 1. The molecule has 2 rings (SSSR count). The van der Waals surface area contributed by atoms with Gasteiger partial charge in [-0.2, -0.15) is 0 Å². The Balaban J connectivity index is 1.78. The molecule has 0 saturated heterocycles. The molecular weight excluding hydrogens is 382 g/mol. The van der Waals surface area contributed by atoms with Crippen molar-refractivity contribution in [2.75, 3.05) is 32.6 Å². The number of nitrogens with one attached hydrogen (secondary N) is 2. The lowest BCUT2D eigenvalue weighted by Gasteiger charge is -2.17. The van der Waals surface area contributed by atoms with E-state index in [9.17, 15) is 18.0 Å². The first kappa shape index (κ1) is 21.4. The van der Waals surface area contributed by atoms with E-state index >= 15 is 0 Å². The van der Waals surface area contributed by atoms with Crippen molar-refractivity contribution in [3.63, 3.8) is 0 Å². The fourth-order valence-electron chi connectivity index (χ4n) is 2.34. The van der Waals surface area contributed by atoms with Gasteiger partial charge in [-0.1, -0.05) is 18.2 Å². The lowest BCUT2D eigenvalue weighted by atomic mass is 10.3. The summed E-state index contributed by atoms with van der Waals surface area (Å²) in [6, 6.07) is 14.7. The first-order valence-corrected chi connectivity index (χ1v) is 10.0. The molecule has 0 saturated carbocycles. The van der Waals surface area contributed by atoms with E-state index in [4.69, 9.17) is 4.74 Å². The molecule has 0 atom stereocenters. The number of hydrogen-bond donors (Lipinski definition) is 2. The van der Waals surface area contributed by atoms with Crippen LogP contribution in [0, 0.1) is 0 Å². The molecule has 0 radical (unpaired) electrons. The van der Waals surface area contributed by atoms with Crippen molar-refractivity contribution in [2.24, 2.45) is 0 Å². The normalized spacial score (nSPS) is 10.9. The second kappa shape index (κ2) is 9.86. The van der Waals surface area contributed by atoms with E-state index in [1.54, 1.807) is 49.6 Å². The van der Waals surface area contributed by atoms with Crippen molar-refractivity contribution in [1.29, 1.82) is 0 Å². The van der Waals surface area contributed by atoms with Gasteiger partial charge >= 0.3 is 0 Å². The molecule has 150 valence electrons. The van der Waals surface area contributed by atoms with Crippen molar-refractivity contribution in [1.82, 2.24) is 9.62 Å². The monoisotopic (exact) mass is 405 g/mol. The molecule has 2 aromatic rings. The number of rotatable bonds is 9. The van der Waals surface area contributed by atoms with Crippen LogP contribution in [0.2, 0.25) is 0 Å². The number of amides is 2. The van der Waals surface area contributed by atoms with Crippen LogP contribution in [0.4, 0.5) is 5.69 Å². The Labute approximate surface area is 164 Å². The standard InChI is InChI=1S/C19H23N3O5S/c1-22(14-18(23)21-15-8-10-16(27-2)11-9-15)19(24)12-13-20-28(25,26)17-6-4-3-5-7-17/h3-11,20H,12-14H2,1-2H3,(H,21,23). The van der Waals surface area contributed by atoms with Crippen LogP contribution >= 0.6 is 0 Å². The average Bonchev–Trinajstić information content (AvgIpc) is 2.69. The van der Waals surface area contributed by atoms with Crippen LogP contribution in [0.15, 0.2) is 59.5 Å². The van der Waals surface area contributed by atoms with E-state index in [1.807, 2.05) is 0 Å². The zero-order valence-electron chi connectivity index (χ0n) is 15.7. The molecule has 0 aliphatic rings. The largest absolute Gasteiger partial charge is 0.497 e. The van der Waals surface area contributed by atoms with Gasteiger partial charge in [-0.15, -0.1) is 0 Å². The van der Waals surface area contributed by atoms with Crippen LogP contribution < -0.4 is 14.8 Å². The second-order valence-electron chi connectivity index (χ2n) is 5.99. The minimum atomic E-state index is -3.66. The maximum Gasteiger partial charge on any atom is 0.243 e. The maximum absolute atomic E-state index is 12.1. The summed E-state index contributed by atoms with van der Waals surface area (Å²) in [6.45, 7) is -0.198. The number of carbonyl (C=O) groups is 2. The molecule has 0 spiro atoms. The molecule has 0 aliphatic heterocycles. The zero-order chi connectivity index (χ0) is 20.6. The maximum atomic E-state index is 12.1. The number of benzene rings is 2. The predicted octanol–water partition coefficient (Wildman–Crippen LogP) is 1.46. The smallest absolute Gasteiger partial charge is 0.243 e. The predicted molar refractivity (Wildman–Crippen MR) is 106 cm³/mol. The number of nitrogens with zero attached hydrogens (tertiary/aromatic N) is 1. The van der Waals surface area contributed by atoms with E-state index in [2.05, 4.69) is 10.0 Å². The highest BCUT2D eigenvalue weighted by Gasteiger charge is 2.16. The van der Waals surface area contributed by atoms with Crippen molar-refractivity contribution >= 4 is 27.5 Å². The number of anilines is 1. The summed E-state index contributed by atoms with van der Waals surface area (Å²) in [4.78, 5) is 25.6. The molecule has 2 amide bonds. The molecule has 2 N–H and O–H groups in total. The summed E-state index contributed by atoms with van der Waals surface area (Å²) in [5.41, 5.74) is 0.585. The first-order chi connectivity index (χ1) is 13.3. The SMILES string of the molecule is COc1ccc(NC(=O)CN(C)C(=O)CCNS(=O)(=O)c2ccccc2)cc1. The van der Waals surface area contributed by atoms with Gasteiger partial charge in [0.25, 0.3) is 0 Å². The fourth-order valence-corrected chi connectivity index (χ4v) is 3.40. The Morgan fingerprint density at radius 3 is 2.29 bits per heavy atom. The summed E-state index contributed by atoms with van der Waals surface area (Å²) in [5.74, 6) is -0.0326. The minimum Gasteiger partial charge on any atom is -0.497 e. The van der Waals surface area contributed by atoms with Gasteiger partial charge in [-0.05, 0) is 36.4 Å². The highest BCUT2D eigenvalue weighted by Crippen LogP contribution is 2.14. The van der Waals surface area contributed by atoms with Gasteiger partial charge in [0.15, 0.2) is 0 Å². The Hall–Kier alpha value is -2.91. The van der Waals surface area contributed by atoms with E-state index < -0.39 is 10.0 Å². The topological polar surface area (TPSA) is 105 Å². The van der Waals surface area contributed by atoms with Crippen molar-refractivity contribution in [2.45, 2.75) is 11.3 Å². The first-order valence-electron chi connectivity index (χ1n) is 8.54. The van der Waals surface area contributed by atoms with Crippen LogP contribution in [-0.4, -0.2) is 52.4 Å². The minimum absolute atomic E-state index is 0.0551. The lowest BCUT2D eigenvalue weighted by molar-refractivity contribution is -0.133. The van der Waals surface area contributed by atoms with Gasteiger partial charge in [-0.25, -0.2) is 13.1 Å². The molecule has 28 heavy (non-hydrogen) atoms. The van der Waals surface area contributed by atoms with Crippen LogP contribution in [-0.2, 0) is 19.6 Å². The van der Waals surface area contributed by atoms with Gasteiger partial charge in [0.05, 0.1) is 18.6 Å². The quantitative estimate of drug-likeness (QED) is 0.657. The molecule has 0 fully saturated rings. The van der Waals surface area contributed by atoms with E-state index in [-0.39, 0.29) is 36.2 Å². The number of methoxy groups -OCH3 is 1. The summed E-state index contributed by atoms with van der Waals surface area (Å²) in [7, 11) is -0.624. The van der Waals surface area contributed by atoms with Crippen molar-refractivity contribution < 1.29 is 22.7 Å². The third-order valence-corrected chi connectivity index (χ3v) is 5.34. The molecule has 2 aromatic carbocycles. The van der Waals surface area contributed by atoms with Gasteiger partial charge in [0, 0.05) is 25.7 Å². The number of hydrogen-bond acceptors (Lipinski definition) is 5. The molecule has 0 bridgehead atoms. The Morgan fingerprint density at radius 2 is 1.68 bits per heavy atom. The molecule has 0 unspecified atom stereocenters. The second-order valence-corrected chi connectivity index (χ2v) is 7.75. The molecule has 9 heteroatoms. The number of likely N-dealkylation sites (N-methyl/N-ethyl adjacent to an activating group) is 1. The Kier molecular flexibility index (Phi) is 7.53. The van der Waals surface area contributed by atoms with Crippen LogP contribution in [0.3, 0.4) is 0 Å². The van der Waals surface area contributed by atoms with Gasteiger partial charge in [0.2, 0.25) is 21.8 Å². The molecule has 0 aliphatic carbocycles. The Bertz CT molecular complexity index is 899. The summed E-state index contributed by atoms with van der Waals surface area (Å²) in [5, 5.41) is 2.68. The van der Waals surface area contributed by atoms with Gasteiger partial charge in [0.1, 0.15) is 5.75 Å². The highest BCUT2D eigenvalue weighted by atomic mass is 32.2. The lowest BCUT2D eigenvalue weighted by Crippen LogP contribution is -2.37. The molecule has 0 heterocycles. The van der Waals surface area contributed by atoms with Gasteiger partial charge < -0.3 is 15.0 Å². The Morgan fingerprint density at radius 1 is 1.04 bits per heavy atom.